The van der Waals surface area contributed by atoms with Crippen LogP contribution in [0.3, 0.4) is 0 Å². The first-order valence-electron chi connectivity index (χ1n) is 9.53. The van der Waals surface area contributed by atoms with E-state index in [4.69, 9.17) is 11.6 Å². The lowest BCUT2D eigenvalue weighted by atomic mass is 10.0. The molecule has 0 saturated carbocycles. The second-order valence-corrected chi connectivity index (χ2v) is 7.44. The zero-order valence-corrected chi connectivity index (χ0v) is 17.3. The van der Waals surface area contributed by atoms with Crippen molar-refractivity contribution in [2.24, 2.45) is 0 Å². The summed E-state index contributed by atoms with van der Waals surface area (Å²) in [6.45, 7) is 0.105. The average Bonchev–Trinajstić information content (AvgIpc) is 2.75. The van der Waals surface area contributed by atoms with Crippen LogP contribution in [0.25, 0.3) is 0 Å². The Bertz CT molecular complexity index is 1010. The summed E-state index contributed by atoms with van der Waals surface area (Å²) >= 11 is 5.89. The molecule has 1 unspecified atom stereocenters. The number of carbonyl (C=O) groups is 2. The molecule has 2 amide bonds. The highest BCUT2D eigenvalue weighted by Gasteiger charge is 2.25. The summed E-state index contributed by atoms with van der Waals surface area (Å²) in [5.41, 5.74) is 1.73. The highest BCUT2D eigenvalue weighted by atomic mass is 35.5. The summed E-state index contributed by atoms with van der Waals surface area (Å²) in [6.07, 6.45) is 0.320. The topological polar surface area (TPSA) is 49.4 Å². The molecule has 1 N–H and O–H groups in total. The summed E-state index contributed by atoms with van der Waals surface area (Å²) < 4.78 is 14.0. The number of halogens is 2. The SMILES string of the molecule is CN(Cc1ccccc1F)C(=O)C(Cc1ccccc1)NC(=O)c1ccc(Cl)cc1. The molecule has 154 valence electrons. The van der Waals surface area contributed by atoms with Gasteiger partial charge in [0, 0.05) is 36.2 Å². The largest absolute Gasteiger partial charge is 0.340 e. The number of amides is 2. The maximum atomic E-state index is 14.0. The molecular weight excluding hydrogens is 403 g/mol. The van der Waals surface area contributed by atoms with Crippen LogP contribution in [0.1, 0.15) is 21.5 Å². The summed E-state index contributed by atoms with van der Waals surface area (Å²) in [5.74, 6) is -1.05. The third-order valence-electron chi connectivity index (χ3n) is 4.73. The van der Waals surface area contributed by atoms with Gasteiger partial charge in [-0.15, -0.1) is 0 Å². The molecule has 0 aliphatic carbocycles. The molecule has 3 aromatic rings. The van der Waals surface area contributed by atoms with Crippen molar-refractivity contribution >= 4 is 23.4 Å². The lowest BCUT2D eigenvalue weighted by Crippen LogP contribution is -2.48. The Kier molecular flexibility index (Phi) is 7.20. The number of nitrogens with zero attached hydrogens (tertiary/aromatic N) is 1. The van der Waals surface area contributed by atoms with Crippen molar-refractivity contribution in [2.75, 3.05) is 7.05 Å². The van der Waals surface area contributed by atoms with E-state index in [1.165, 1.54) is 11.0 Å². The average molecular weight is 425 g/mol. The van der Waals surface area contributed by atoms with Gasteiger partial charge in [0.25, 0.3) is 5.91 Å². The zero-order valence-electron chi connectivity index (χ0n) is 16.5. The minimum atomic E-state index is -0.799. The Hall–Kier alpha value is -3.18. The van der Waals surface area contributed by atoms with E-state index in [-0.39, 0.29) is 24.2 Å². The number of likely N-dealkylation sites (N-methyl/N-ethyl adjacent to an activating group) is 1. The molecule has 0 aliphatic rings. The van der Waals surface area contributed by atoms with Crippen LogP contribution in [0.5, 0.6) is 0 Å². The van der Waals surface area contributed by atoms with Crippen molar-refractivity contribution in [1.82, 2.24) is 10.2 Å². The van der Waals surface area contributed by atoms with Gasteiger partial charge in [-0.3, -0.25) is 9.59 Å². The third-order valence-corrected chi connectivity index (χ3v) is 4.99. The first-order valence-corrected chi connectivity index (χ1v) is 9.90. The summed E-state index contributed by atoms with van der Waals surface area (Å²) in [7, 11) is 1.60. The van der Waals surface area contributed by atoms with E-state index in [1.54, 1.807) is 49.5 Å². The maximum absolute atomic E-state index is 14.0. The molecule has 3 aromatic carbocycles. The smallest absolute Gasteiger partial charge is 0.251 e. The second kappa shape index (κ2) is 10.0. The van der Waals surface area contributed by atoms with Gasteiger partial charge >= 0.3 is 0 Å². The summed E-state index contributed by atoms with van der Waals surface area (Å²) in [4.78, 5) is 27.3. The van der Waals surface area contributed by atoms with Gasteiger partial charge in [0.1, 0.15) is 11.9 Å². The number of benzene rings is 3. The number of rotatable bonds is 7. The van der Waals surface area contributed by atoms with E-state index in [1.807, 2.05) is 30.3 Å². The summed E-state index contributed by atoms with van der Waals surface area (Å²) in [5, 5.41) is 3.34. The molecule has 4 nitrogen and oxygen atoms in total. The normalized spacial score (nSPS) is 11.6. The Balaban J connectivity index is 1.79. The molecular formula is C24H22ClFN2O2. The fourth-order valence-corrected chi connectivity index (χ4v) is 3.24. The fourth-order valence-electron chi connectivity index (χ4n) is 3.12. The molecule has 0 aromatic heterocycles. The first-order chi connectivity index (χ1) is 14.4. The van der Waals surface area contributed by atoms with E-state index in [9.17, 15) is 14.0 Å². The van der Waals surface area contributed by atoms with E-state index < -0.39 is 6.04 Å². The Morgan fingerprint density at radius 3 is 2.27 bits per heavy atom. The van der Waals surface area contributed by atoms with Crippen molar-refractivity contribution in [3.63, 3.8) is 0 Å². The van der Waals surface area contributed by atoms with Crippen LogP contribution in [-0.4, -0.2) is 29.8 Å². The van der Waals surface area contributed by atoms with Crippen molar-refractivity contribution in [1.29, 1.82) is 0 Å². The van der Waals surface area contributed by atoms with Crippen LogP contribution >= 0.6 is 11.6 Å². The lowest BCUT2D eigenvalue weighted by molar-refractivity contribution is -0.132. The minimum Gasteiger partial charge on any atom is -0.340 e. The molecule has 0 radical (unpaired) electrons. The van der Waals surface area contributed by atoms with Gasteiger partial charge in [0.2, 0.25) is 5.91 Å². The molecule has 0 saturated heterocycles. The van der Waals surface area contributed by atoms with Crippen molar-refractivity contribution < 1.29 is 14.0 Å². The molecule has 0 bridgehead atoms. The van der Waals surface area contributed by atoms with Gasteiger partial charge in [-0.05, 0) is 35.9 Å². The monoisotopic (exact) mass is 424 g/mol. The number of nitrogens with one attached hydrogen (secondary N) is 1. The molecule has 30 heavy (non-hydrogen) atoms. The van der Waals surface area contributed by atoms with Gasteiger partial charge in [-0.2, -0.15) is 0 Å². The van der Waals surface area contributed by atoms with Crippen LogP contribution in [0.2, 0.25) is 5.02 Å². The van der Waals surface area contributed by atoms with Gasteiger partial charge in [0.05, 0.1) is 0 Å². The molecule has 1 atom stereocenters. The predicted octanol–water partition coefficient (Wildman–Crippen LogP) is 4.48. The predicted molar refractivity (Wildman–Crippen MR) is 116 cm³/mol. The van der Waals surface area contributed by atoms with Gasteiger partial charge < -0.3 is 10.2 Å². The third kappa shape index (κ3) is 5.67. The first kappa shape index (κ1) is 21.5. The van der Waals surface area contributed by atoms with E-state index in [2.05, 4.69) is 5.32 Å². The Labute approximate surface area is 180 Å². The number of hydrogen-bond donors (Lipinski definition) is 1. The van der Waals surface area contributed by atoms with E-state index in [0.29, 0.717) is 22.6 Å². The van der Waals surface area contributed by atoms with Crippen LogP contribution in [0, 0.1) is 5.82 Å². The molecule has 0 spiro atoms. The van der Waals surface area contributed by atoms with E-state index >= 15 is 0 Å². The molecule has 6 heteroatoms. The highest BCUT2D eigenvalue weighted by molar-refractivity contribution is 6.30. The molecule has 0 aliphatic heterocycles. The lowest BCUT2D eigenvalue weighted by Gasteiger charge is -2.25. The molecule has 3 rings (SSSR count). The zero-order chi connectivity index (χ0) is 21.5. The van der Waals surface area contributed by atoms with Crippen LogP contribution in [0.4, 0.5) is 4.39 Å². The van der Waals surface area contributed by atoms with Crippen LogP contribution < -0.4 is 5.32 Å². The fraction of sp³-hybridized carbons (Fsp3) is 0.167. The highest BCUT2D eigenvalue weighted by Crippen LogP contribution is 2.13. The quantitative estimate of drug-likeness (QED) is 0.608. The van der Waals surface area contributed by atoms with Gasteiger partial charge in [-0.25, -0.2) is 4.39 Å². The van der Waals surface area contributed by atoms with Crippen molar-refractivity contribution in [2.45, 2.75) is 19.0 Å². The number of hydrogen-bond acceptors (Lipinski definition) is 2. The standard InChI is InChI=1S/C24H22ClFN2O2/c1-28(16-19-9-5-6-10-21(19)26)24(30)22(15-17-7-3-2-4-8-17)27-23(29)18-11-13-20(25)14-12-18/h2-14,22H,15-16H2,1H3,(H,27,29). The van der Waals surface area contributed by atoms with Crippen molar-refractivity contribution in [3.8, 4) is 0 Å². The molecule has 0 fully saturated rings. The minimum absolute atomic E-state index is 0.105. The summed E-state index contributed by atoms with van der Waals surface area (Å²) in [6, 6.07) is 21.4. The number of carbonyl (C=O) groups excluding carboxylic acids is 2. The maximum Gasteiger partial charge on any atom is 0.251 e. The van der Waals surface area contributed by atoms with Gasteiger partial charge in [0.15, 0.2) is 0 Å². The van der Waals surface area contributed by atoms with Crippen LogP contribution in [0.15, 0.2) is 78.9 Å². The Morgan fingerprint density at radius 1 is 0.967 bits per heavy atom. The Morgan fingerprint density at radius 2 is 1.60 bits per heavy atom. The van der Waals surface area contributed by atoms with Crippen molar-refractivity contribution in [3.05, 3.63) is 106 Å². The van der Waals surface area contributed by atoms with Gasteiger partial charge in [-0.1, -0.05) is 60.1 Å². The second-order valence-electron chi connectivity index (χ2n) is 7.01. The molecule has 0 heterocycles. The van der Waals surface area contributed by atoms with E-state index in [0.717, 1.165) is 5.56 Å². The van der Waals surface area contributed by atoms with Crippen LogP contribution in [-0.2, 0) is 17.8 Å².